The number of esters is 1. The molecule has 6 atom stereocenters. The second-order valence-electron chi connectivity index (χ2n) is 9.89. The molecule has 0 spiro atoms. The molecule has 1 saturated heterocycles. The minimum Gasteiger partial charge on any atom is -0.463 e. The number of hydrogen-bond acceptors (Lipinski definition) is 10. The Labute approximate surface area is 252 Å². The van der Waals surface area contributed by atoms with Gasteiger partial charge in [0.25, 0.3) is 5.56 Å². The summed E-state index contributed by atoms with van der Waals surface area (Å²) in [4.78, 5) is 28.6. The third-order valence-corrected chi connectivity index (χ3v) is 8.53. The number of H-pyrrole nitrogens is 1. The standard InChI is InChI=1S/C27H30ClF2N4O8P/c1-15(2)40-24(37)16(3)14-43(38,42-17-8-5-4-6-9-17)39-13-19-21(35)27(28,10-7-11-29)25(41-19)34-12-18(30)20-22(34)32-26(31)33-23(20)36/h4-6,8-9,12,15-16,19,21,25,35H,11,13-14H2,1-3H3,(H3,31,32,33,36)/t16-,19-,21+,25-,27?,43+/m1/s1/i13D2. The van der Waals surface area contributed by atoms with Crippen LogP contribution in [0.5, 0.6) is 5.75 Å². The molecule has 0 bridgehead atoms. The predicted octanol–water partition coefficient (Wildman–Crippen LogP) is 3.53. The molecular weight excluding hydrogens is 613 g/mol. The van der Waals surface area contributed by atoms with Gasteiger partial charge in [0.05, 0.1) is 27.5 Å². The summed E-state index contributed by atoms with van der Waals surface area (Å²) in [5.41, 5.74) is 4.27. The van der Waals surface area contributed by atoms with Crippen LogP contribution >= 0.6 is 19.2 Å². The molecule has 3 heterocycles. The quantitative estimate of drug-likeness (QED) is 0.129. The first-order valence-corrected chi connectivity index (χ1v) is 15.0. The van der Waals surface area contributed by atoms with Crippen molar-refractivity contribution in [3.63, 3.8) is 0 Å². The zero-order chi connectivity index (χ0) is 33.3. The fraction of sp³-hybridized carbons (Fsp3) is 0.444. The van der Waals surface area contributed by atoms with Crippen molar-refractivity contribution in [2.24, 2.45) is 5.92 Å². The molecule has 16 heteroatoms. The number of alkyl halides is 2. The highest BCUT2D eigenvalue weighted by Gasteiger charge is 2.57. The Morgan fingerprint density at radius 3 is 2.74 bits per heavy atom. The van der Waals surface area contributed by atoms with E-state index in [9.17, 15) is 28.0 Å². The monoisotopic (exact) mass is 644 g/mol. The zero-order valence-electron chi connectivity index (χ0n) is 25.1. The number of carbonyl (C=O) groups is 1. The van der Waals surface area contributed by atoms with E-state index < -0.39 is 96.7 Å². The summed E-state index contributed by atoms with van der Waals surface area (Å²) in [5.74, 6) is 0.949. The number of halogens is 3. The van der Waals surface area contributed by atoms with Gasteiger partial charge in [-0.3, -0.25) is 23.7 Å². The van der Waals surface area contributed by atoms with E-state index in [1.54, 1.807) is 32.0 Å². The Morgan fingerprint density at radius 2 is 2.09 bits per heavy atom. The molecule has 0 amide bonds. The van der Waals surface area contributed by atoms with Gasteiger partial charge >= 0.3 is 13.6 Å². The molecule has 3 aromatic rings. The van der Waals surface area contributed by atoms with Gasteiger partial charge in [-0.05, 0) is 26.0 Å². The van der Waals surface area contributed by atoms with Crippen LogP contribution in [0.2, 0.25) is 0 Å². The molecule has 12 nitrogen and oxygen atoms in total. The number of aromatic amines is 1. The highest BCUT2D eigenvalue weighted by atomic mass is 35.5. The molecule has 4 rings (SSSR count). The summed E-state index contributed by atoms with van der Waals surface area (Å²) < 4.78 is 82.5. The van der Waals surface area contributed by atoms with Crippen molar-refractivity contribution in [1.29, 1.82) is 0 Å². The Bertz CT molecular complexity index is 1730. The van der Waals surface area contributed by atoms with Gasteiger partial charge in [-0.1, -0.05) is 48.6 Å². The maximum Gasteiger partial charge on any atom is 0.380 e. The molecule has 4 N–H and O–H groups in total. The first-order chi connectivity index (χ1) is 21.0. The number of aromatic nitrogens is 3. The number of anilines is 1. The lowest BCUT2D eigenvalue weighted by Crippen LogP contribution is -2.41. The van der Waals surface area contributed by atoms with Gasteiger partial charge in [-0.25, -0.2) is 13.3 Å². The van der Waals surface area contributed by atoms with E-state index >= 15 is 0 Å². The maximum absolute atomic E-state index is 14.9. The molecule has 1 unspecified atom stereocenters. The van der Waals surface area contributed by atoms with Crippen molar-refractivity contribution in [3.05, 3.63) is 52.7 Å². The van der Waals surface area contributed by atoms with Crippen molar-refractivity contribution in [2.75, 3.05) is 25.1 Å². The number of rotatable bonds is 10. The SMILES string of the molecule is [2H]C([2H])(O[P@@](=O)(C[C@@H](C)C(=O)OC(C)C)Oc1ccccc1)[C@H]1O[C@@H](n2cc(F)c3c(=O)[nH]c(N)nc32)C(Cl)(C#CCF)[C@H]1O. The number of fused-ring (bicyclic) bond motifs is 1. The molecule has 0 aliphatic carbocycles. The highest BCUT2D eigenvalue weighted by Crippen LogP contribution is 2.52. The lowest BCUT2D eigenvalue weighted by atomic mass is 9.99. The molecule has 232 valence electrons. The maximum atomic E-state index is 14.9. The summed E-state index contributed by atoms with van der Waals surface area (Å²) in [7, 11) is -4.65. The Hall–Kier alpha value is -3.47. The number of carbonyl (C=O) groups excluding carboxylic acids is 1. The van der Waals surface area contributed by atoms with E-state index in [0.717, 1.165) is 10.8 Å². The molecule has 1 aliphatic heterocycles. The second-order valence-corrected chi connectivity index (χ2v) is 12.5. The fourth-order valence-electron chi connectivity index (χ4n) is 4.28. The third kappa shape index (κ3) is 7.03. The van der Waals surface area contributed by atoms with E-state index in [1.807, 2.05) is 5.92 Å². The zero-order valence-corrected chi connectivity index (χ0v) is 24.8. The Balaban J connectivity index is 1.75. The van der Waals surface area contributed by atoms with Crippen LogP contribution in [0.1, 0.15) is 29.7 Å². The first kappa shape index (κ1) is 29.6. The number of aliphatic hydroxyl groups excluding tert-OH is 1. The van der Waals surface area contributed by atoms with Crippen LogP contribution < -0.4 is 15.8 Å². The van der Waals surface area contributed by atoms with E-state index in [1.165, 1.54) is 19.1 Å². The number of para-hydroxylation sites is 1. The van der Waals surface area contributed by atoms with Gasteiger partial charge in [-0.2, -0.15) is 4.98 Å². The molecular formula is C27H30ClF2N4O8P. The van der Waals surface area contributed by atoms with Gasteiger partial charge in [0, 0.05) is 6.20 Å². The van der Waals surface area contributed by atoms with Crippen LogP contribution in [-0.4, -0.2) is 68.2 Å². The Kier molecular flexibility index (Phi) is 8.97. The van der Waals surface area contributed by atoms with Crippen LogP contribution in [0.4, 0.5) is 14.7 Å². The largest absolute Gasteiger partial charge is 0.463 e. The number of hydrogen-bond donors (Lipinski definition) is 3. The third-order valence-electron chi connectivity index (χ3n) is 6.15. The molecule has 2 aromatic heterocycles. The number of ether oxygens (including phenoxy) is 2. The van der Waals surface area contributed by atoms with Crippen LogP contribution in [0.15, 0.2) is 41.3 Å². The average molecular weight is 645 g/mol. The predicted molar refractivity (Wildman–Crippen MR) is 153 cm³/mol. The molecule has 0 saturated carbocycles. The number of benzene rings is 1. The van der Waals surface area contributed by atoms with Crippen LogP contribution in [0.25, 0.3) is 11.0 Å². The van der Waals surface area contributed by atoms with Crippen molar-refractivity contribution < 1.29 is 44.5 Å². The summed E-state index contributed by atoms with van der Waals surface area (Å²) in [6.07, 6.45) is -6.55. The van der Waals surface area contributed by atoms with Gasteiger partial charge in [0.1, 0.15) is 30.0 Å². The van der Waals surface area contributed by atoms with Crippen molar-refractivity contribution in [1.82, 2.24) is 14.5 Å². The molecule has 1 aliphatic rings. The number of nitrogens with one attached hydrogen (secondary N) is 1. The lowest BCUT2D eigenvalue weighted by Gasteiger charge is -2.26. The van der Waals surface area contributed by atoms with Crippen molar-refractivity contribution in [3.8, 4) is 17.6 Å². The molecule has 43 heavy (non-hydrogen) atoms. The normalized spacial score (nSPS) is 24.9. The number of nitrogens with zero attached hydrogens (tertiary/aromatic N) is 2. The number of aliphatic hydroxyl groups is 1. The van der Waals surface area contributed by atoms with E-state index in [-0.39, 0.29) is 5.75 Å². The van der Waals surface area contributed by atoms with Gasteiger partial charge in [0.2, 0.25) is 5.95 Å². The average Bonchev–Trinajstić information content (AvgIpc) is 3.40. The van der Waals surface area contributed by atoms with Crippen LogP contribution in [-0.2, 0) is 23.4 Å². The summed E-state index contributed by atoms with van der Waals surface area (Å²) in [6, 6.07) is 7.59. The number of nitrogens with two attached hydrogens (primary N) is 1. The summed E-state index contributed by atoms with van der Waals surface area (Å²) >= 11 is 6.68. The van der Waals surface area contributed by atoms with Crippen molar-refractivity contribution in [2.45, 2.75) is 50.2 Å². The second kappa shape index (κ2) is 13.0. The fourth-order valence-corrected chi connectivity index (χ4v) is 6.33. The molecule has 0 radical (unpaired) electrons. The van der Waals surface area contributed by atoms with Crippen LogP contribution in [0, 0.1) is 23.6 Å². The number of nitrogen functional groups attached to an aromatic ring is 1. The molecule has 1 aromatic carbocycles. The topological polar surface area (TPSA) is 168 Å². The van der Waals surface area contributed by atoms with E-state index in [0.29, 0.717) is 0 Å². The highest BCUT2D eigenvalue weighted by molar-refractivity contribution is 7.54. The Morgan fingerprint density at radius 1 is 1.40 bits per heavy atom. The minimum absolute atomic E-state index is 0.00972. The van der Waals surface area contributed by atoms with Gasteiger partial charge < -0.3 is 24.8 Å². The summed E-state index contributed by atoms with van der Waals surface area (Å²) in [6.45, 7) is 0.142. The smallest absolute Gasteiger partial charge is 0.380 e. The van der Waals surface area contributed by atoms with E-state index in [4.69, 9.17) is 38.6 Å². The molecule has 1 fully saturated rings. The minimum atomic E-state index is -4.65. The summed E-state index contributed by atoms with van der Waals surface area (Å²) in [5, 5.41) is 10.8. The van der Waals surface area contributed by atoms with Gasteiger partial charge in [0.15, 0.2) is 22.6 Å². The van der Waals surface area contributed by atoms with Gasteiger partial charge in [-0.15, -0.1) is 0 Å². The first-order valence-electron chi connectivity index (χ1n) is 13.9. The van der Waals surface area contributed by atoms with Crippen LogP contribution in [0.3, 0.4) is 0 Å². The lowest BCUT2D eigenvalue weighted by molar-refractivity contribution is -0.151. The van der Waals surface area contributed by atoms with E-state index in [2.05, 4.69) is 15.9 Å². The van der Waals surface area contributed by atoms with Crippen molar-refractivity contribution >= 4 is 42.1 Å².